The second-order valence-electron chi connectivity index (χ2n) is 5.83. The summed E-state index contributed by atoms with van der Waals surface area (Å²) in [5.41, 5.74) is 0.263. The Bertz CT molecular complexity index is 526. The van der Waals surface area contributed by atoms with Crippen LogP contribution >= 0.6 is 0 Å². The highest BCUT2D eigenvalue weighted by molar-refractivity contribution is 5.72. The number of carboxylic acid groups (broad SMARTS) is 1. The van der Waals surface area contributed by atoms with Crippen molar-refractivity contribution < 1.29 is 23.1 Å². The van der Waals surface area contributed by atoms with Gasteiger partial charge in [-0.25, -0.2) is 0 Å². The zero-order valence-corrected chi connectivity index (χ0v) is 12.1. The maximum atomic E-state index is 12.6. The summed E-state index contributed by atoms with van der Waals surface area (Å²) in [5, 5.41) is 9.14. The van der Waals surface area contributed by atoms with E-state index in [9.17, 15) is 18.0 Å². The number of carbonyl (C=O) groups is 1. The van der Waals surface area contributed by atoms with Gasteiger partial charge in [0.25, 0.3) is 0 Å². The van der Waals surface area contributed by atoms with Crippen LogP contribution in [-0.4, -0.2) is 11.1 Å². The van der Waals surface area contributed by atoms with Gasteiger partial charge in [-0.3, -0.25) is 4.79 Å². The predicted octanol–water partition coefficient (Wildman–Crippen LogP) is 4.87. The van der Waals surface area contributed by atoms with Crippen LogP contribution in [-0.2, 0) is 11.0 Å². The fraction of sp³-hybridized carbons (Fsp3) is 0.471. The summed E-state index contributed by atoms with van der Waals surface area (Å²) < 4.78 is 37.7. The van der Waals surface area contributed by atoms with Crippen LogP contribution in [0.5, 0.6) is 0 Å². The highest BCUT2D eigenvalue weighted by Crippen LogP contribution is 2.40. The number of carboxylic acids is 1. The van der Waals surface area contributed by atoms with Gasteiger partial charge in [-0.1, -0.05) is 18.2 Å². The molecule has 1 unspecified atom stereocenters. The third-order valence-corrected chi connectivity index (χ3v) is 4.53. The molecule has 1 aliphatic rings. The van der Waals surface area contributed by atoms with Crippen molar-refractivity contribution in [3.63, 3.8) is 0 Å². The first-order valence-electron chi connectivity index (χ1n) is 7.35. The second-order valence-corrected chi connectivity index (χ2v) is 5.83. The molecule has 0 radical (unpaired) electrons. The molecule has 1 N–H and O–H groups in total. The molecule has 0 heterocycles. The van der Waals surface area contributed by atoms with Crippen LogP contribution in [0.4, 0.5) is 13.2 Å². The maximum Gasteiger partial charge on any atom is 0.416 e. The Morgan fingerprint density at radius 1 is 1.18 bits per heavy atom. The molecule has 0 spiro atoms. The lowest BCUT2D eigenvalue weighted by Crippen LogP contribution is -2.25. The van der Waals surface area contributed by atoms with Crippen LogP contribution in [0.2, 0.25) is 0 Å². The van der Waals surface area contributed by atoms with Gasteiger partial charge in [0, 0.05) is 0 Å². The van der Waals surface area contributed by atoms with Crippen LogP contribution in [0.15, 0.2) is 36.9 Å². The van der Waals surface area contributed by atoms with E-state index >= 15 is 0 Å². The summed E-state index contributed by atoms with van der Waals surface area (Å²) in [6.07, 6.45) is 0.283. The van der Waals surface area contributed by atoms with Gasteiger partial charge in [-0.2, -0.15) is 13.2 Å². The standard InChI is InChI=1S/C17H19F3O2/c1-2-15(16(21)22)13-5-3-11(4-6-13)12-7-9-14(10-8-12)17(18,19)20/h2,7-11,13,15H,1,3-6H2,(H,21,22). The van der Waals surface area contributed by atoms with Crippen molar-refractivity contribution >= 4 is 5.97 Å². The Kier molecular flexibility index (Phi) is 4.94. The largest absolute Gasteiger partial charge is 0.481 e. The minimum absolute atomic E-state index is 0.0701. The van der Waals surface area contributed by atoms with E-state index in [1.165, 1.54) is 18.2 Å². The minimum atomic E-state index is -4.31. The summed E-state index contributed by atoms with van der Waals surface area (Å²) in [6, 6.07) is 5.31. The van der Waals surface area contributed by atoms with E-state index in [0.717, 1.165) is 43.4 Å². The molecule has 1 aliphatic carbocycles. The van der Waals surface area contributed by atoms with Gasteiger partial charge in [0.2, 0.25) is 0 Å². The zero-order valence-electron chi connectivity index (χ0n) is 12.1. The molecule has 1 atom stereocenters. The summed E-state index contributed by atoms with van der Waals surface area (Å²) in [7, 11) is 0. The predicted molar refractivity (Wildman–Crippen MR) is 77.5 cm³/mol. The molecule has 22 heavy (non-hydrogen) atoms. The van der Waals surface area contributed by atoms with Crippen LogP contribution in [0.3, 0.4) is 0 Å². The molecule has 5 heteroatoms. The molecule has 1 aromatic carbocycles. The molecule has 1 saturated carbocycles. The third-order valence-electron chi connectivity index (χ3n) is 4.53. The van der Waals surface area contributed by atoms with Crippen LogP contribution in [0.25, 0.3) is 0 Å². The molecule has 120 valence electrons. The van der Waals surface area contributed by atoms with Gasteiger partial charge >= 0.3 is 12.1 Å². The first kappa shape index (κ1) is 16.6. The lowest BCUT2D eigenvalue weighted by atomic mass is 9.74. The molecule has 0 aromatic heterocycles. The zero-order chi connectivity index (χ0) is 16.3. The number of alkyl halides is 3. The van der Waals surface area contributed by atoms with Crippen molar-refractivity contribution in [3.8, 4) is 0 Å². The SMILES string of the molecule is C=CC(C(=O)O)C1CCC(c2ccc(C(F)(F)F)cc2)CC1. The number of halogens is 3. The molecule has 0 bridgehead atoms. The summed E-state index contributed by atoms with van der Waals surface area (Å²) in [4.78, 5) is 11.1. The summed E-state index contributed by atoms with van der Waals surface area (Å²) >= 11 is 0. The lowest BCUT2D eigenvalue weighted by molar-refractivity contribution is -0.142. The quantitative estimate of drug-likeness (QED) is 0.806. The number of rotatable bonds is 4. The highest BCUT2D eigenvalue weighted by atomic mass is 19.4. The first-order chi connectivity index (χ1) is 10.3. The number of benzene rings is 1. The van der Waals surface area contributed by atoms with Crippen LogP contribution in [0.1, 0.15) is 42.7 Å². The van der Waals surface area contributed by atoms with Gasteiger partial charge in [-0.15, -0.1) is 6.58 Å². The maximum absolute atomic E-state index is 12.6. The van der Waals surface area contributed by atoms with Crippen LogP contribution < -0.4 is 0 Å². The second kappa shape index (κ2) is 6.55. The Hall–Kier alpha value is -1.78. The lowest BCUT2D eigenvalue weighted by Gasteiger charge is -2.31. The summed E-state index contributed by atoms with van der Waals surface area (Å²) in [6.45, 7) is 3.58. The van der Waals surface area contributed by atoms with E-state index in [1.54, 1.807) is 0 Å². The average molecular weight is 312 g/mol. The topological polar surface area (TPSA) is 37.3 Å². The Morgan fingerprint density at radius 3 is 2.14 bits per heavy atom. The van der Waals surface area contributed by atoms with E-state index < -0.39 is 23.6 Å². The molecule has 0 amide bonds. The van der Waals surface area contributed by atoms with Crippen molar-refractivity contribution in [2.45, 2.75) is 37.8 Å². The molecule has 1 fully saturated rings. The molecule has 2 rings (SSSR count). The van der Waals surface area contributed by atoms with Gasteiger partial charge in [0.05, 0.1) is 11.5 Å². The normalized spacial score (nSPS) is 23.8. The molecular weight excluding hydrogens is 293 g/mol. The fourth-order valence-corrected chi connectivity index (χ4v) is 3.25. The van der Waals surface area contributed by atoms with Gasteiger partial charge in [0.1, 0.15) is 0 Å². The fourth-order valence-electron chi connectivity index (χ4n) is 3.25. The Balaban J connectivity index is 2.00. The van der Waals surface area contributed by atoms with E-state index in [0.29, 0.717) is 0 Å². The van der Waals surface area contributed by atoms with Gasteiger partial charge < -0.3 is 5.11 Å². The van der Waals surface area contributed by atoms with Crippen molar-refractivity contribution in [2.24, 2.45) is 11.8 Å². The molecular formula is C17H19F3O2. The van der Waals surface area contributed by atoms with Crippen molar-refractivity contribution in [1.82, 2.24) is 0 Å². The molecule has 2 nitrogen and oxygen atoms in total. The van der Waals surface area contributed by atoms with Crippen molar-refractivity contribution in [2.75, 3.05) is 0 Å². The highest BCUT2D eigenvalue weighted by Gasteiger charge is 2.32. The number of hydrogen-bond donors (Lipinski definition) is 1. The van der Waals surface area contributed by atoms with E-state index in [-0.39, 0.29) is 11.8 Å². The average Bonchev–Trinajstić information content (AvgIpc) is 2.47. The Morgan fingerprint density at radius 2 is 1.73 bits per heavy atom. The van der Waals surface area contributed by atoms with Crippen molar-refractivity contribution in [1.29, 1.82) is 0 Å². The van der Waals surface area contributed by atoms with E-state index in [1.807, 2.05) is 0 Å². The summed E-state index contributed by atoms with van der Waals surface area (Å²) in [5.74, 6) is -1.11. The first-order valence-corrected chi connectivity index (χ1v) is 7.35. The molecule has 1 aromatic rings. The third kappa shape index (κ3) is 3.70. The van der Waals surface area contributed by atoms with Crippen LogP contribution in [0, 0.1) is 11.8 Å². The monoisotopic (exact) mass is 312 g/mol. The molecule has 0 saturated heterocycles. The van der Waals surface area contributed by atoms with Gasteiger partial charge in [-0.05, 0) is 55.2 Å². The molecule has 0 aliphatic heterocycles. The van der Waals surface area contributed by atoms with E-state index in [4.69, 9.17) is 5.11 Å². The van der Waals surface area contributed by atoms with E-state index in [2.05, 4.69) is 6.58 Å². The smallest absolute Gasteiger partial charge is 0.416 e. The Labute approximate surface area is 127 Å². The van der Waals surface area contributed by atoms with Crippen molar-refractivity contribution in [3.05, 3.63) is 48.0 Å². The number of aliphatic carboxylic acids is 1. The number of hydrogen-bond acceptors (Lipinski definition) is 1. The van der Waals surface area contributed by atoms with Gasteiger partial charge in [0.15, 0.2) is 0 Å². The minimum Gasteiger partial charge on any atom is -0.481 e.